The van der Waals surface area contributed by atoms with Crippen molar-refractivity contribution in [2.24, 2.45) is 5.73 Å². The van der Waals surface area contributed by atoms with Gasteiger partial charge < -0.3 is 19.8 Å². The third-order valence-electron chi connectivity index (χ3n) is 3.61. The van der Waals surface area contributed by atoms with Crippen LogP contribution in [0.3, 0.4) is 0 Å². The van der Waals surface area contributed by atoms with E-state index in [-0.39, 0.29) is 22.0 Å². The first-order chi connectivity index (χ1) is 13.5. The number of thiocarbonyl (C=S) groups is 1. The van der Waals surface area contributed by atoms with E-state index in [2.05, 4.69) is 12.2 Å². The second-order valence-electron chi connectivity index (χ2n) is 5.47. The van der Waals surface area contributed by atoms with Gasteiger partial charge in [-0.1, -0.05) is 6.07 Å². The van der Waals surface area contributed by atoms with Crippen LogP contribution in [0.2, 0.25) is 0 Å². The number of ether oxygens (including phenoxy) is 1. The summed E-state index contributed by atoms with van der Waals surface area (Å²) in [5.74, 6) is -0.0528. The van der Waals surface area contributed by atoms with Crippen LogP contribution in [0.4, 0.5) is 10.5 Å². The van der Waals surface area contributed by atoms with E-state index in [0.717, 1.165) is 18.2 Å². The van der Waals surface area contributed by atoms with Crippen molar-refractivity contribution in [1.29, 1.82) is 0 Å². The van der Waals surface area contributed by atoms with E-state index in [1.807, 2.05) is 0 Å². The fourth-order valence-electron chi connectivity index (χ4n) is 2.24. The van der Waals surface area contributed by atoms with Gasteiger partial charge in [-0.15, -0.1) is 0 Å². The highest BCUT2D eigenvalue weighted by atomic mass is 32.2. The summed E-state index contributed by atoms with van der Waals surface area (Å²) in [6.07, 6.45) is -1.49. The Morgan fingerprint density at radius 3 is 2.52 bits per heavy atom. The minimum atomic E-state index is -4.30. The predicted octanol–water partition coefficient (Wildman–Crippen LogP) is 2.09. The van der Waals surface area contributed by atoms with Crippen LogP contribution >= 0.6 is 12.2 Å². The van der Waals surface area contributed by atoms with Gasteiger partial charge in [0.1, 0.15) is 16.4 Å². The van der Waals surface area contributed by atoms with Gasteiger partial charge in [-0.05, 0) is 36.5 Å². The second kappa shape index (κ2) is 8.70. The molecule has 0 saturated carbocycles. The number of nitrogens with two attached hydrogens (primary N) is 1. The van der Waals surface area contributed by atoms with Crippen LogP contribution in [0.15, 0.2) is 47.4 Å². The normalized spacial score (nSPS) is 10.8. The summed E-state index contributed by atoms with van der Waals surface area (Å²) in [7, 11) is -2.94. The van der Waals surface area contributed by atoms with E-state index >= 15 is 0 Å². The minimum Gasteiger partial charge on any atom is -0.497 e. The van der Waals surface area contributed by atoms with Gasteiger partial charge in [0.25, 0.3) is 5.69 Å². The number of nitro benzene ring substituents is 1. The van der Waals surface area contributed by atoms with Gasteiger partial charge in [0.05, 0.1) is 30.2 Å². The molecule has 2 aromatic carbocycles. The minimum absolute atomic E-state index is 0.0590. The fraction of sp³-hybridized carbons (Fsp3) is 0.125. The Kier molecular flexibility index (Phi) is 6.56. The van der Waals surface area contributed by atoms with E-state index in [9.17, 15) is 23.3 Å². The molecule has 2 rings (SSSR count). The van der Waals surface area contributed by atoms with E-state index in [4.69, 9.17) is 19.8 Å². The van der Waals surface area contributed by atoms with Crippen LogP contribution in [-0.2, 0) is 16.7 Å². The summed E-state index contributed by atoms with van der Waals surface area (Å²) in [5, 5.41) is 20.0. The number of methoxy groups -OCH3 is 1. The molecular formula is C16H15N3O8S2. The molecule has 3 N–H and O–H groups in total. The average molecular weight is 441 g/mol. The van der Waals surface area contributed by atoms with E-state index in [0.29, 0.717) is 4.90 Å². The Balaban J connectivity index is 2.38. The van der Waals surface area contributed by atoms with Crippen LogP contribution in [0.1, 0.15) is 5.56 Å². The Labute approximate surface area is 170 Å². The molecule has 0 spiro atoms. The number of nitrogens with zero attached hydrogens (tertiary/aromatic N) is 2. The maximum Gasteiger partial charge on any atom is 0.413 e. The molecule has 2 aromatic rings. The first kappa shape index (κ1) is 21.8. The molecule has 154 valence electrons. The number of amides is 1. The molecule has 0 heterocycles. The summed E-state index contributed by atoms with van der Waals surface area (Å²) in [5.41, 5.74) is 4.68. The number of hydrogen-bond donors (Lipinski definition) is 2. The molecule has 0 unspecified atom stereocenters. The van der Waals surface area contributed by atoms with Gasteiger partial charge in [0.2, 0.25) is 0 Å². The molecule has 29 heavy (non-hydrogen) atoms. The highest BCUT2D eigenvalue weighted by molar-refractivity contribution is 7.87. The quantitative estimate of drug-likeness (QED) is 0.281. The highest BCUT2D eigenvalue weighted by Crippen LogP contribution is 2.28. The number of hydrogen-bond acceptors (Lipinski definition) is 8. The van der Waals surface area contributed by atoms with Crippen LogP contribution < -0.4 is 14.7 Å². The smallest absolute Gasteiger partial charge is 0.413 e. The molecule has 11 nitrogen and oxygen atoms in total. The van der Waals surface area contributed by atoms with Gasteiger partial charge in [-0.3, -0.25) is 10.1 Å². The van der Waals surface area contributed by atoms with Crippen molar-refractivity contribution in [2.75, 3.05) is 7.11 Å². The Morgan fingerprint density at radius 2 is 1.97 bits per heavy atom. The molecular weight excluding hydrogens is 426 g/mol. The van der Waals surface area contributed by atoms with Crippen molar-refractivity contribution in [3.63, 3.8) is 0 Å². The molecule has 0 aliphatic rings. The monoisotopic (exact) mass is 441 g/mol. The highest BCUT2D eigenvalue weighted by Gasteiger charge is 2.24. The van der Waals surface area contributed by atoms with Crippen LogP contribution in [-0.4, -0.2) is 41.7 Å². The first-order valence-corrected chi connectivity index (χ1v) is 9.52. The second-order valence-corrected chi connectivity index (χ2v) is 7.44. The van der Waals surface area contributed by atoms with Gasteiger partial charge in [0, 0.05) is 6.07 Å². The summed E-state index contributed by atoms with van der Waals surface area (Å²) >= 11 is 4.61. The zero-order chi connectivity index (χ0) is 21.8. The fourth-order valence-corrected chi connectivity index (χ4v) is 3.34. The Morgan fingerprint density at radius 1 is 1.28 bits per heavy atom. The Hall–Kier alpha value is -3.45. The van der Waals surface area contributed by atoms with E-state index in [1.165, 1.54) is 31.4 Å². The van der Waals surface area contributed by atoms with E-state index in [1.54, 1.807) is 0 Å². The standard InChI is InChI=1S/C16H15N3O8S2/c1-26-11-3-2-4-13(7-11)29(24,25)27-12-6-5-10(14(8-12)19(22)23)9-18(15(17)28)16(20)21/h2-8H,9H2,1H3,(H2,17,28)(H,20,21). The van der Waals surface area contributed by atoms with Crippen LogP contribution in [0.25, 0.3) is 0 Å². The molecule has 0 aliphatic carbocycles. The number of benzene rings is 2. The molecule has 0 saturated heterocycles. The summed E-state index contributed by atoms with van der Waals surface area (Å²) in [6.45, 7) is -0.496. The predicted molar refractivity (Wildman–Crippen MR) is 104 cm³/mol. The maximum atomic E-state index is 12.4. The molecule has 0 aromatic heterocycles. The van der Waals surface area contributed by atoms with Crippen molar-refractivity contribution < 1.29 is 32.2 Å². The lowest BCUT2D eigenvalue weighted by atomic mass is 10.1. The SMILES string of the molecule is COc1cccc(S(=O)(=O)Oc2ccc(CN(C(=O)O)C(N)=S)c([N+](=O)[O-])c2)c1. The topological polar surface area (TPSA) is 162 Å². The van der Waals surface area contributed by atoms with Crippen LogP contribution in [0, 0.1) is 10.1 Å². The lowest BCUT2D eigenvalue weighted by Gasteiger charge is -2.17. The summed E-state index contributed by atoms with van der Waals surface area (Å²) in [4.78, 5) is 22.0. The maximum absolute atomic E-state index is 12.4. The summed E-state index contributed by atoms with van der Waals surface area (Å²) < 4.78 is 34.8. The van der Waals surface area contributed by atoms with Crippen LogP contribution in [0.5, 0.6) is 11.5 Å². The van der Waals surface area contributed by atoms with Gasteiger partial charge in [-0.25, -0.2) is 9.69 Å². The number of carbonyl (C=O) groups is 1. The molecule has 13 heteroatoms. The number of rotatable bonds is 7. The van der Waals surface area contributed by atoms with E-state index < -0.39 is 38.5 Å². The molecule has 1 amide bonds. The number of nitro groups is 1. The van der Waals surface area contributed by atoms with Crippen molar-refractivity contribution in [3.8, 4) is 11.5 Å². The van der Waals surface area contributed by atoms with Crippen molar-refractivity contribution in [2.45, 2.75) is 11.4 Å². The molecule has 0 radical (unpaired) electrons. The van der Waals surface area contributed by atoms with Crippen molar-refractivity contribution in [3.05, 3.63) is 58.1 Å². The molecule has 0 atom stereocenters. The zero-order valence-corrected chi connectivity index (χ0v) is 16.5. The van der Waals surface area contributed by atoms with Gasteiger partial charge in [-0.2, -0.15) is 8.42 Å². The Bertz CT molecular complexity index is 1060. The lowest BCUT2D eigenvalue weighted by molar-refractivity contribution is -0.385. The third kappa shape index (κ3) is 5.30. The zero-order valence-electron chi connectivity index (χ0n) is 14.8. The van der Waals surface area contributed by atoms with Gasteiger partial charge in [0.15, 0.2) is 5.11 Å². The van der Waals surface area contributed by atoms with Crippen molar-refractivity contribution >= 4 is 39.2 Å². The average Bonchev–Trinajstić information content (AvgIpc) is 2.65. The number of carboxylic acid groups (broad SMARTS) is 1. The third-order valence-corrected chi connectivity index (χ3v) is 5.08. The largest absolute Gasteiger partial charge is 0.497 e. The molecule has 0 bridgehead atoms. The lowest BCUT2D eigenvalue weighted by Crippen LogP contribution is -2.39. The molecule has 0 aliphatic heterocycles. The van der Waals surface area contributed by atoms with Crippen molar-refractivity contribution in [1.82, 2.24) is 4.90 Å². The first-order valence-electron chi connectivity index (χ1n) is 7.71. The summed E-state index contributed by atoms with van der Waals surface area (Å²) in [6, 6.07) is 8.65. The van der Waals surface area contributed by atoms with Gasteiger partial charge >= 0.3 is 16.2 Å². The molecule has 0 fully saturated rings.